The van der Waals surface area contributed by atoms with Crippen molar-refractivity contribution in [1.29, 1.82) is 0 Å². The van der Waals surface area contributed by atoms with Gasteiger partial charge >= 0.3 is 0 Å². The summed E-state index contributed by atoms with van der Waals surface area (Å²) >= 11 is 1.92. The second kappa shape index (κ2) is 8.23. The van der Waals surface area contributed by atoms with E-state index in [1.165, 1.54) is 25.0 Å². The summed E-state index contributed by atoms with van der Waals surface area (Å²) in [5.74, 6) is 2.08. The number of unbranched alkanes of at least 4 members (excludes halogenated alkanes) is 2. The van der Waals surface area contributed by atoms with Crippen molar-refractivity contribution in [2.45, 2.75) is 26.2 Å². The molecule has 1 heterocycles. The molecule has 0 aliphatic heterocycles. The summed E-state index contributed by atoms with van der Waals surface area (Å²) in [7, 11) is 1.68. The molecule has 1 aromatic heterocycles. The Morgan fingerprint density at radius 1 is 1.35 bits per heavy atom. The van der Waals surface area contributed by atoms with Crippen LogP contribution in [0.1, 0.15) is 25.0 Å². The number of methoxy groups -OCH3 is 1. The molecule has 0 fully saturated rings. The molecule has 4 heteroatoms. The van der Waals surface area contributed by atoms with Crippen LogP contribution in [-0.4, -0.2) is 30.6 Å². The number of aromatic nitrogens is 1. The topological polar surface area (TPSA) is 34.1 Å². The summed E-state index contributed by atoms with van der Waals surface area (Å²) in [6.45, 7) is 2.98. The van der Waals surface area contributed by atoms with Crippen molar-refractivity contribution in [2.75, 3.05) is 31.0 Å². The summed E-state index contributed by atoms with van der Waals surface area (Å²) in [5.41, 5.74) is 2.06. The molecule has 0 saturated carbocycles. The molecule has 0 atom stereocenters. The van der Waals surface area contributed by atoms with E-state index in [9.17, 15) is 0 Å². The minimum Gasteiger partial charge on any atom is -0.493 e. The van der Waals surface area contributed by atoms with Crippen molar-refractivity contribution in [3.8, 4) is 5.75 Å². The number of pyridine rings is 1. The molecule has 17 heavy (non-hydrogen) atoms. The van der Waals surface area contributed by atoms with Crippen LogP contribution in [0, 0.1) is 6.92 Å². The minimum absolute atomic E-state index is 0.819. The van der Waals surface area contributed by atoms with Crippen molar-refractivity contribution >= 4 is 17.4 Å². The monoisotopic (exact) mass is 254 g/mol. The van der Waals surface area contributed by atoms with E-state index in [1.807, 2.05) is 24.8 Å². The lowest BCUT2D eigenvalue weighted by Crippen LogP contribution is -2.04. The smallest absolute Gasteiger partial charge is 0.160 e. The van der Waals surface area contributed by atoms with Gasteiger partial charge in [-0.1, -0.05) is 6.42 Å². The van der Waals surface area contributed by atoms with Crippen molar-refractivity contribution in [3.05, 3.63) is 18.0 Å². The zero-order chi connectivity index (χ0) is 12.5. The normalized spacial score (nSPS) is 10.3. The Balaban J connectivity index is 2.32. The van der Waals surface area contributed by atoms with Crippen LogP contribution in [0.5, 0.6) is 5.75 Å². The number of hydrogen-bond donors (Lipinski definition) is 1. The molecule has 0 aliphatic carbocycles. The lowest BCUT2D eigenvalue weighted by molar-refractivity contribution is 0.414. The first-order chi connectivity index (χ1) is 8.27. The van der Waals surface area contributed by atoms with E-state index in [2.05, 4.69) is 16.6 Å². The first-order valence-electron chi connectivity index (χ1n) is 6.01. The van der Waals surface area contributed by atoms with Crippen LogP contribution in [0.4, 0.5) is 5.69 Å². The zero-order valence-corrected chi connectivity index (χ0v) is 11.8. The molecule has 1 rings (SSSR count). The second-order valence-corrected chi connectivity index (χ2v) is 4.99. The molecular formula is C13H22N2OS. The molecule has 0 radical (unpaired) electrons. The fourth-order valence-corrected chi connectivity index (χ4v) is 2.11. The van der Waals surface area contributed by atoms with E-state index in [0.717, 1.165) is 23.7 Å². The Morgan fingerprint density at radius 3 is 2.88 bits per heavy atom. The average molecular weight is 254 g/mol. The van der Waals surface area contributed by atoms with Crippen LogP contribution >= 0.6 is 11.8 Å². The predicted octanol–water partition coefficient (Wildman–Crippen LogP) is 3.34. The van der Waals surface area contributed by atoms with Crippen LogP contribution in [0.15, 0.2) is 12.3 Å². The fraction of sp³-hybridized carbons (Fsp3) is 0.615. The van der Waals surface area contributed by atoms with Crippen LogP contribution in [-0.2, 0) is 0 Å². The number of nitrogens with one attached hydrogen (secondary N) is 1. The standard InChI is InChI=1S/C13H22N2OS/c1-11-9-12(13(16-2)10-15-11)14-7-5-4-6-8-17-3/h9-10H,4-8H2,1-3H3,(H,14,15). The SMILES string of the molecule is COc1cnc(C)cc1NCCCCCSC. The van der Waals surface area contributed by atoms with E-state index in [4.69, 9.17) is 4.74 Å². The highest BCUT2D eigenvalue weighted by atomic mass is 32.2. The van der Waals surface area contributed by atoms with Gasteiger partial charge in [0.1, 0.15) is 0 Å². The summed E-state index contributed by atoms with van der Waals surface area (Å²) < 4.78 is 5.27. The summed E-state index contributed by atoms with van der Waals surface area (Å²) in [4.78, 5) is 4.21. The zero-order valence-electron chi connectivity index (χ0n) is 11.0. The molecule has 0 amide bonds. The number of thioether (sulfide) groups is 1. The Kier molecular flexibility index (Phi) is 6.86. The van der Waals surface area contributed by atoms with E-state index < -0.39 is 0 Å². The summed E-state index contributed by atoms with van der Waals surface area (Å²) in [6, 6.07) is 2.03. The molecule has 96 valence electrons. The Labute approximate surface area is 108 Å². The Morgan fingerprint density at radius 2 is 2.18 bits per heavy atom. The molecule has 0 aromatic carbocycles. The van der Waals surface area contributed by atoms with Crippen LogP contribution in [0.3, 0.4) is 0 Å². The van der Waals surface area contributed by atoms with Gasteiger partial charge in [-0.3, -0.25) is 4.98 Å². The number of rotatable bonds is 8. The average Bonchev–Trinajstić information content (AvgIpc) is 2.34. The summed E-state index contributed by atoms with van der Waals surface area (Å²) in [6.07, 6.45) is 7.70. The maximum atomic E-state index is 5.27. The van der Waals surface area contributed by atoms with Crippen molar-refractivity contribution in [1.82, 2.24) is 4.98 Å². The first kappa shape index (κ1) is 14.2. The van der Waals surface area contributed by atoms with Gasteiger partial charge in [0.25, 0.3) is 0 Å². The largest absolute Gasteiger partial charge is 0.493 e. The fourth-order valence-electron chi connectivity index (χ4n) is 1.62. The molecule has 0 saturated heterocycles. The van der Waals surface area contributed by atoms with Crippen LogP contribution in [0.25, 0.3) is 0 Å². The molecule has 0 spiro atoms. The van der Waals surface area contributed by atoms with Gasteiger partial charge in [0.2, 0.25) is 0 Å². The van der Waals surface area contributed by atoms with Gasteiger partial charge in [0.15, 0.2) is 5.75 Å². The highest BCUT2D eigenvalue weighted by Gasteiger charge is 2.02. The van der Waals surface area contributed by atoms with Gasteiger partial charge in [0.05, 0.1) is 19.0 Å². The second-order valence-electron chi connectivity index (χ2n) is 4.01. The van der Waals surface area contributed by atoms with Crippen molar-refractivity contribution < 1.29 is 4.74 Å². The number of nitrogens with zero attached hydrogens (tertiary/aromatic N) is 1. The van der Waals surface area contributed by atoms with Crippen molar-refractivity contribution in [2.24, 2.45) is 0 Å². The molecule has 0 unspecified atom stereocenters. The van der Waals surface area contributed by atoms with Crippen molar-refractivity contribution in [3.63, 3.8) is 0 Å². The quantitative estimate of drug-likeness (QED) is 0.721. The Hall–Kier alpha value is -0.900. The molecule has 0 bridgehead atoms. The highest BCUT2D eigenvalue weighted by Crippen LogP contribution is 2.23. The van der Waals surface area contributed by atoms with E-state index in [0.29, 0.717) is 0 Å². The molecular weight excluding hydrogens is 232 g/mol. The third-order valence-corrected chi connectivity index (χ3v) is 3.26. The van der Waals surface area contributed by atoms with Gasteiger partial charge in [-0.15, -0.1) is 0 Å². The lowest BCUT2D eigenvalue weighted by Gasteiger charge is -2.11. The number of anilines is 1. The third-order valence-electron chi connectivity index (χ3n) is 2.56. The Bertz CT molecular complexity index is 331. The first-order valence-corrected chi connectivity index (χ1v) is 7.40. The van der Waals surface area contributed by atoms with E-state index in [1.54, 1.807) is 13.3 Å². The number of hydrogen-bond acceptors (Lipinski definition) is 4. The van der Waals surface area contributed by atoms with Gasteiger partial charge in [-0.2, -0.15) is 11.8 Å². The maximum absolute atomic E-state index is 5.27. The van der Waals surface area contributed by atoms with E-state index >= 15 is 0 Å². The summed E-state index contributed by atoms with van der Waals surface area (Å²) in [5, 5.41) is 3.41. The lowest BCUT2D eigenvalue weighted by atomic mass is 10.2. The predicted molar refractivity (Wildman–Crippen MR) is 76.2 cm³/mol. The number of ether oxygens (including phenoxy) is 1. The number of aryl methyl sites for hydroxylation is 1. The maximum Gasteiger partial charge on any atom is 0.160 e. The molecule has 0 aliphatic rings. The molecule has 1 N–H and O–H groups in total. The molecule has 1 aromatic rings. The van der Waals surface area contributed by atoms with Gasteiger partial charge in [-0.05, 0) is 37.8 Å². The molecule has 3 nitrogen and oxygen atoms in total. The highest BCUT2D eigenvalue weighted by molar-refractivity contribution is 7.98. The van der Waals surface area contributed by atoms with Gasteiger partial charge in [0, 0.05) is 12.2 Å². The van der Waals surface area contributed by atoms with Crippen LogP contribution < -0.4 is 10.1 Å². The minimum atomic E-state index is 0.819. The van der Waals surface area contributed by atoms with Gasteiger partial charge in [-0.25, -0.2) is 0 Å². The third kappa shape index (κ3) is 5.31. The van der Waals surface area contributed by atoms with E-state index in [-0.39, 0.29) is 0 Å². The van der Waals surface area contributed by atoms with Crippen LogP contribution in [0.2, 0.25) is 0 Å². The van der Waals surface area contributed by atoms with Gasteiger partial charge < -0.3 is 10.1 Å².